The van der Waals surface area contributed by atoms with Gasteiger partial charge in [0.2, 0.25) is 5.91 Å². The van der Waals surface area contributed by atoms with Crippen molar-refractivity contribution in [3.8, 4) is 0 Å². The van der Waals surface area contributed by atoms with Crippen LogP contribution in [-0.4, -0.2) is 33.1 Å². The first-order valence-electron chi connectivity index (χ1n) is 6.15. The van der Waals surface area contributed by atoms with E-state index in [1.807, 2.05) is 24.3 Å². The number of aromatic nitrogens is 4. The van der Waals surface area contributed by atoms with E-state index in [2.05, 4.69) is 31.3 Å². The maximum atomic E-state index is 12.1. The smallest absolute Gasteiger partial charge is 0.225 e. The number of fused-ring (bicyclic) bond motifs is 1. The lowest BCUT2D eigenvalue weighted by atomic mass is 9.93. The first-order chi connectivity index (χ1) is 9.33. The third-order valence-electron chi connectivity index (χ3n) is 3.20. The van der Waals surface area contributed by atoms with Crippen LogP contribution >= 0.6 is 0 Å². The van der Waals surface area contributed by atoms with Gasteiger partial charge in [-0.15, -0.1) is 10.2 Å². The van der Waals surface area contributed by atoms with Crippen LogP contribution in [-0.2, 0) is 17.8 Å². The van der Waals surface area contributed by atoms with Gasteiger partial charge in [-0.25, -0.2) is 0 Å². The normalized spacial score (nSPS) is 17.4. The molecular weight excluding hydrogens is 244 g/mol. The van der Waals surface area contributed by atoms with E-state index in [0.29, 0.717) is 18.9 Å². The molecule has 2 heterocycles. The lowest BCUT2D eigenvalue weighted by Gasteiger charge is -2.25. The molecule has 0 bridgehead atoms. The van der Waals surface area contributed by atoms with Crippen LogP contribution in [0.2, 0.25) is 0 Å². The van der Waals surface area contributed by atoms with Gasteiger partial charge in [-0.2, -0.15) is 5.21 Å². The minimum Gasteiger partial charge on any atom is -0.384 e. The van der Waals surface area contributed by atoms with Gasteiger partial charge in [-0.3, -0.25) is 4.79 Å². The summed E-state index contributed by atoms with van der Waals surface area (Å²) >= 11 is 0. The highest BCUT2D eigenvalue weighted by Crippen LogP contribution is 2.24. The summed E-state index contributed by atoms with van der Waals surface area (Å²) in [6.45, 7) is 0.947. The van der Waals surface area contributed by atoms with Gasteiger partial charge in [0.1, 0.15) is 0 Å². The molecule has 1 aliphatic heterocycles. The number of nitrogens with zero attached hydrogens (tertiary/aromatic N) is 3. The molecule has 2 aromatic rings. The van der Waals surface area contributed by atoms with Crippen LogP contribution < -0.4 is 10.6 Å². The molecule has 1 atom stereocenters. The van der Waals surface area contributed by atoms with E-state index in [9.17, 15) is 4.79 Å². The molecule has 7 heteroatoms. The Labute approximate surface area is 109 Å². The third kappa shape index (κ3) is 2.54. The van der Waals surface area contributed by atoms with E-state index in [1.165, 1.54) is 5.56 Å². The maximum absolute atomic E-state index is 12.1. The first-order valence-corrected chi connectivity index (χ1v) is 6.15. The molecule has 1 amide bonds. The van der Waals surface area contributed by atoms with Crippen LogP contribution in [0.1, 0.15) is 11.4 Å². The zero-order chi connectivity index (χ0) is 13.1. The number of para-hydroxylation sites is 1. The Morgan fingerprint density at radius 1 is 1.42 bits per heavy atom. The first kappa shape index (κ1) is 11.6. The molecule has 3 rings (SSSR count). The van der Waals surface area contributed by atoms with Crippen LogP contribution in [0.3, 0.4) is 0 Å². The fourth-order valence-corrected chi connectivity index (χ4v) is 2.19. The molecule has 7 nitrogen and oxygen atoms in total. The topological polar surface area (TPSA) is 95.6 Å². The number of hydrogen-bond donors (Lipinski definition) is 3. The minimum absolute atomic E-state index is 0.00630. The quantitative estimate of drug-likeness (QED) is 0.725. The average Bonchev–Trinajstić information content (AvgIpc) is 2.97. The lowest BCUT2D eigenvalue weighted by molar-refractivity contribution is -0.124. The number of amides is 1. The standard InChI is InChI=1S/C12H14N6O/c19-12(14-7-11-15-17-18-16-11)9-5-8-3-1-2-4-10(8)13-6-9/h1-4,9,13H,5-7H2,(H,14,19)(H,15,16,17,18). The number of carbonyl (C=O) groups excluding carboxylic acids is 1. The minimum atomic E-state index is -0.0678. The molecule has 1 aliphatic rings. The monoisotopic (exact) mass is 258 g/mol. The number of anilines is 1. The molecule has 98 valence electrons. The van der Waals surface area contributed by atoms with E-state index in [-0.39, 0.29) is 11.8 Å². The molecule has 0 radical (unpaired) electrons. The predicted molar refractivity (Wildman–Crippen MR) is 68.2 cm³/mol. The Kier molecular flexibility index (Phi) is 3.09. The summed E-state index contributed by atoms with van der Waals surface area (Å²) in [7, 11) is 0. The second-order valence-corrected chi connectivity index (χ2v) is 4.48. The summed E-state index contributed by atoms with van der Waals surface area (Å²) in [6, 6.07) is 8.05. The van der Waals surface area contributed by atoms with E-state index in [0.717, 1.165) is 12.1 Å². The summed E-state index contributed by atoms with van der Waals surface area (Å²) in [6.07, 6.45) is 0.751. The Hall–Kier alpha value is -2.44. The van der Waals surface area contributed by atoms with Crippen LogP contribution in [0.25, 0.3) is 0 Å². The number of carbonyl (C=O) groups is 1. The van der Waals surface area contributed by atoms with Crippen molar-refractivity contribution in [2.45, 2.75) is 13.0 Å². The highest BCUT2D eigenvalue weighted by atomic mass is 16.1. The maximum Gasteiger partial charge on any atom is 0.225 e. The number of tetrazole rings is 1. The molecule has 0 aliphatic carbocycles. The molecule has 0 saturated heterocycles. The fourth-order valence-electron chi connectivity index (χ4n) is 2.19. The van der Waals surface area contributed by atoms with Crippen molar-refractivity contribution in [1.29, 1.82) is 0 Å². The van der Waals surface area contributed by atoms with Crippen LogP contribution in [0, 0.1) is 5.92 Å². The number of aromatic amines is 1. The van der Waals surface area contributed by atoms with Crippen LogP contribution in [0.5, 0.6) is 0 Å². The number of H-pyrrole nitrogens is 1. The molecule has 1 aromatic heterocycles. The zero-order valence-corrected chi connectivity index (χ0v) is 10.3. The Morgan fingerprint density at radius 2 is 2.32 bits per heavy atom. The number of rotatable bonds is 3. The molecule has 1 unspecified atom stereocenters. The van der Waals surface area contributed by atoms with Crippen LogP contribution in [0.4, 0.5) is 5.69 Å². The van der Waals surface area contributed by atoms with Gasteiger partial charge in [-0.05, 0) is 18.1 Å². The van der Waals surface area contributed by atoms with Gasteiger partial charge in [-0.1, -0.05) is 23.4 Å². The molecule has 19 heavy (non-hydrogen) atoms. The van der Waals surface area contributed by atoms with E-state index < -0.39 is 0 Å². The second kappa shape index (κ2) is 5.05. The average molecular weight is 258 g/mol. The molecular formula is C12H14N6O. The SMILES string of the molecule is O=C(NCc1nn[nH]n1)C1CNc2ccccc2C1. The van der Waals surface area contributed by atoms with Gasteiger partial charge < -0.3 is 10.6 Å². The fraction of sp³-hybridized carbons (Fsp3) is 0.333. The lowest BCUT2D eigenvalue weighted by Crippen LogP contribution is -2.38. The number of benzene rings is 1. The van der Waals surface area contributed by atoms with Crippen molar-refractivity contribution >= 4 is 11.6 Å². The highest BCUT2D eigenvalue weighted by Gasteiger charge is 2.24. The van der Waals surface area contributed by atoms with E-state index >= 15 is 0 Å². The summed E-state index contributed by atoms with van der Waals surface area (Å²) < 4.78 is 0. The summed E-state index contributed by atoms with van der Waals surface area (Å²) in [5.74, 6) is 0.422. The van der Waals surface area contributed by atoms with Crippen LogP contribution in [0.15, 0.2) is 24.3 Å². The highest BCUT2D eigenvalue weighted by molar-refractivity contribution is 5.80. The van der Waals surface area contributed by atoms with Gasteiger partial charge in [0.25, 0.3) is 0 Å². The number of nitrogens with one attached hydrogen (secondary N) is 3. The molecule has 3 N–H and O–H groups in total. The summed E-state index contributed by atoms with van der Waals surface area (Å²) in [5.41, 5.74) is 2.29. The Balaban J connectivity index is 1.60. The second-order valence-electron chi connectivity index (χ2n) is 4.48. The van der Waals surface area contributed by atoms with Crippen molar-refractivity contribution in [2.75, 3.05) is 11.9 Å². The molecule has 0 spiro atoms. The van der Waals surface area contributed by atoms with Crippen molar-refractivity contribution in [2.24, 2.45) is 5.92 Å². The van der Waals surface area contributed by atoms with E-state index in [1.54, 1.807) is 0 Å². The van der Waals surface area contributed by atoms with Crippen molar-refractivity contribution in [3.05, 3.63) is 35.7 Å². The number of hydrogen-bond acceptors (Lipinski definition) is 5. The Morgan fingerprint density at radius 3 is 3.16 bits per heavy atom. The zero-order valence-electron chi connectivity index (χ0n) is 10.3. The van der Waals surface area contributed by atoms with Crippen molar-refractivity contribution in [3.63, 3.8) is 0 Å². The Bertz CT molecular complexity index is 567. The van der Waals surface area contributed by atoms with Gasteiger partial charge in [0, 0.05) is 12.2 Å². The van der Waals surface area contributed by atoms with Gasteiger partial charge in [0.15, 0.2) is 5.82 Å². The molecule has 0 saturated carbocycles. The largest absolute Gasteiger partial charge is 0.384 e. The molecule has 1 aromatic carbocycles. The summed E-state index contributed by atoms with van der Waals surface area (Å²) in [5, 5.41) is 19.5. The van der Waals surface area contributed by atoms with Crippen molar-refractivity contribution in [1.82, 2.24) is 25.9 Å². The summed E-state index contributed by atoms with van der Waals surface area (Å²) in [4.78, 5) is 12.1. The predicted octanol–water partition coefficient (Wildman–Crippen LogP) is 0.100. The van der Waals surface area contributed by atoms with Gasteiger partial charge in [0.05, 0.1) is 12.5 Å². The van der Waals surface area contributed by atoms with Gasteiger partial charge >= 0.3 is 0 Å². The van der Waals surface area contributed by atoms with E-state index in [4.69, 9.17) is 0 Å². The third-order valence-corrected chi connectivity index (χ3v) is 3.20. The van der Waals surface area contributed by atoms with Crippen molar-refractivity contribution < 1.29 is 4.79 Å². The molecule has 0 fully saturated rings.